The fourth-order valence-electron chi connectivity index (χ4n) is 10.4. The number of unbranched alkanes of at least 4 members (excludes halogenated alkanes) is 37. The van der Waals surface area contributed by atoms with Crippen molar-refractivity contribution in [2.75, 3.05) is 39.6 Å². The molecule has 88 heavy (non-hydrogen) atoms. The first kappa shape index (κ1) is 86.1. The Kier molecular flexibility index (Phi) is 59.9. The first-order valence-electron chi connectivity index (χ1n) is 36.0. The van der Waals surface area contributed by atoms with Crippen LogP contribution in [0.3, 0.4) is 0 Å². The van der Waals surface area contributed by atoms with E-state index in [9.17, 15) is 43.2 Å². The van der Waals surface area contributed by atoms with E-state index in [0.29, 0.717) is 25.7 Å². The smallest absolute Gasteiger partial charge is 0.462 e. The molecule has 0 aromatic heterocycles. The molecular weight excluding hydrogens is 1160 g/mol. The molecule has 0 fully saturated rings. The Balaban J connectivity index is 5.20. The number of phosphoric ester groups is 2. The summed E-state index contributed by atoms with van der Waals surface area (Å²) in [5.74, 6) is -0.616. The summed E-state index contributed by atoms with van der Waals surface area (Å²) >= 11 is 0. The van der Waals surface area contributed by atoms with Crippen LogP contribution in [0.4, 0.5) is 0 Å². The van der Waals surface area contributed by atoms with Crippen LogP contribution in [-0.4, -0.2) is 96.7 Å². The number of aliphatic hydroxyl groups is 1. The van der Waals surface area contributed by atoms with Gasteiger partial charge in [-0.15, -0.1) is 0 Å². The third kappa shape index (κ3) is 61.6. The normalized spacial score (nSPS) is 14.5. The van der Waals surface area contributed by atoms with Gasteiger partial charge < -0.3 is 33.8 Å². The van der Waals surface area contributed by atoms with E-state index in [2.05, 4.69) is 41.5 Å². The summed E-state index contributed by atoms with van der Waals surface area (Å²) in [5, 5.41) is 10.6. The van der Waals surface area contributed by atoms with Crippen molar-refractivity contribution in [3.8, 4) is 0 Å². The Morgan fingerprint density at radius 3 is 0.864 bits per heavy atom. The highest BCUT2D eigenvalue weighted by atomic mass is 31.2. The molecule has 0 aliphatic carbocycles. The monoisotopic (exact) mass is 1300 g/mol. The Morgan fingerprint density at radius 2 is 0.580 bits per heavy atom. The number of carbonyl (C=O) groups excluding carboxylic acids is 4. The molecule has 0 saturated heterocycles. The second kappa shape index (κ2) is 61.3. The van der Waals surface area contributed by atoms with Gasteiger partial charge >= 0.3 is 39.5 Å². The largest absolute Gasteiger partial charge is 0.472 e. The van der Waals surface area contributed by atoms with Crippen molar-refractivity contribution in [2.45, 2.75) is 368 Å². The second-order valence-corrected chi connectivity index (χ2v) is 28.5. The summed E-state index contributed by atoms with van der Waals surface area (Å²) < 4.78 is 68.1. The van der Waals surface area contributed by atoms with Gasteiger partial charge in [0.1, 0.15) is 19.3 Å². The van der Waals surface area contributed by atoms with Crippen LogP contribution < -0.4 is 0 Å². The molecule has 0 aromatic carbocycles. The lowest BCUT2D eigenvalue weighted by Crippen LogP contribution is -2.30. The molecule has 0 spiro atoms. The van der Waals surface area contributed by atoms with Crippen LogP contribution in [0.2, 0.25) is 0 Å². The predicted octanol–water partition coefficient (Wildman–Crippen LogP) is 19.6. The fraction of sp³-hybridized carbons (Fsp3) is 0.942. The van der Waals surface area contributed by atoms with Crippen molar-refractivity contribution in [3.63, 3.8) is 0 Å². The lowest BCUT2D eigenvalue weighted by molar-refractivity contribution is -0.161. The number of esters is 4. The lowest BCUT2D eigenvalue weighted by Gasteiger charge is -2.21. The van der Waals surface area contributed by atoms with E-state index >= 15 is 0 Å². The van der Waals surface area contributed by atoms with Crippen LogP contribution >= 0.6 is 15.6 Å². The molecule has 6 atom stereocenters. The van der Waals surface area contributed by atoms with Crippen molar-refractivity contribution in [1.29, 1.82) is 0 Å². The Labute approximate surface area is 537 Å². The van der Waals surface area contributed by atoms with E-state index in [1.54, 1.807) is 0 Å². The molecule has 0 aliphatic heterocycles. The Bertz CT molecular complexity index is 1720. The van der Waals surface area contributed by atoms with E-state index in [4.69, 9.17) is 37.0 Å². The molecular formula is C69H134O17P2. The lowest BCUT2D eigenvalue weighted by atomic mass is 10.00. The van der Waals surface area contributed by atoms with Gasteiger partial charge in [-0.1, -0.05) is 298 Å². The molecule has 0 aliphatic rings. The van der Waals surface area contributed by atoms with Crippen LogP contribution in [-0.2, 0) is 65.4 Å². The zero-order valence-corrected chi connectivity index (χ0v) is 58.8. The maximum Gasteiger partial charge on any atom is 0.472 e. The molecule has 3 N–H and O–H groups in total. The van der Waals surface area contributed by atoms with E-state index in [1.807, 2.05) is 0 Å². The number of carbonyl (C=O) groups is 4. The first-order valence-corrected chi connectivity index (χ1v) is 39.0. The maximum atomic E-state index is 13.0. The third-order valence-corrected chi connectivity index (χ3v) is 18.2. The quantitative estimate of drug-likeness (QED) is 0.0222. The fourth-order valence-corrected chi connectivity index (χ4v) is 12.0. The second-order valence-electron chi connectivity index (χ2n) is 25.6. The first-order chi connectivity index (χ1) is 42.4. The van der Waals surface area contributed by atoms with Gasteiger partial charge in [0.05, 0.1) is 26.4 Å². The highest BCUT2D eigenvalue weighted by Gasteiger charge is 2.30. The number of rotatable bonds is 68. The zero-order valence-electron chi connectivity index (χ0n) is 57.0. The molecule has 0 aromatic rings. The van der Waals surface area contributed by atoms with Gasteiger partial charge in [0.25, 0.3) is 0 Å². The molecule has 0 amide bonds. The topological polar surface area (TPSA) is 237 Å². The van der Waals surface area contributed by atoms with Crippen molar-refractivity contribution >= 4 is 39.5 Å². The number of aliphatic hydroxyl groups excluding tert-OH is 1. The number of ether oxygens (including phenoxy) is 4. The Morgan fingerprint density at radius 1 is 0.330 bits per heavy atom. The molecule has 17 nitrogen and oxygen atoms in total. The maximum absolute atomic E-state index is 13.0. The van der Waals surface area contributed by atoms with Crippen LogP contribution in [0.1, 0.15) is 350 Å². The average molecular weight is 1300 g/mol. The van der Waals surface area contributed by atoms with Gasteiger partial charge in [0.2, 0.25) is 0 Å². The van der Waals surface area contributed by atoms with E-state index in [1.165, 1.54) is 154 Å². The van der Waals surface area contributed by atoms with Gasteiger partial charge in [0, 0.05) is 25.7 Å². The summed E-state index contributed by atoms with van der Waals surface area (Å²) in [7, 11) is -9.89. The molecule has 3 unspecified atom stereocenters. The minimum Gasteiger partial charge on any atom is -0.462 e. The SMILES string of the molecule is CCCCCCCCCCCCCCCCC(=O)OC[C@H](COP(=O)(O)OC[C@@H](O)COP(=O)(O)OC[C@@H](COC(=O)CCCCCCCCC)OC(=O)CCCCCCCCC(C)CC)OC(=O)CCCCCCCCCCCCCCCCC(C)C. The van der Waals surface area contributed by atoms with Crippen LogP contribution in [0.25, 0.3) is 0 Å². The van der Waals surface area contributed by atoms with Gasteiger partial charge in [-0.3, -0.25) is 37.3 Å². The molecule has 522 valence electrons. The molecule has 0 bridgehead atoms. The van der Waals surface area contributed by atoms with E-state index in [-0.39, 0.29) is 25.7 Å². The highest BCUT2D eigenvalue weighted by molar-refractivity contribution is 7.47. The van der Waals surface area contributed by atoms with Crippen LogP contribution in [0.15, 0.2) is 0 Å². The summed E-state index contributed by atoms with van der Waals surface area (Å²) in [6.07, 6.45) is 46.0. The van der Waals surface area contributed by atoms with Crippen LogP contribution in [0.5, 0.6) is 0 Å². The highest BCUT2D eigenvalue weighted by Crippen LogP contribution is 2.45. The summed E-state index contributed by atoms with van der Waals surface area (Å²) in [6, 6.07) is 0. The van der Waals surface area contributed by atoms with Crippen molar-refractivity contribution in [2.24, 2.45) is 11.8 Å². The van der Waals surface area contributed by atoms with Crippen LogP contribution in [0, 0.1) is 11.8 Å². The third-order valence-electron chi connectivity index (χ3n) is 16.3. The zero-order chi connectivity index (χ0) is 65.0. The minimum atomic E-state index is -4.95. The summed E-state index contributed by atoms with van der Waals surface area (Å²) in [6.45, 7) is 9.47. The molecule has 0 saturated carbocycles. The standard InChI is InChI=1S/C69H134O17P2/c1-7-10-12-14-16-17-18-19-23-26-29-33-40-46-52-67(72)80-58-64(85-68(73)53-47-41-34-30-27-24-21-20-22-25-28-32-37-43-49-61(4)5)59-83-87(75,76)81-55-63(70)56-82-88(77,78)84-60-65(57-79-66(71)51-45-39-31-15-13-11-8-2)86-69(74)54-48-42-36-35-38-44-50-62(6)9-3/h61-65,70H,7-60H2,1-6H3,(H,75,76)(H,77,78)/t62?,63-,64-,65-/m1/s1. The number of phosphoric acid groups is 2. The summed E-state index contributed by atoms with van der Waals surface area (Å²) in [5.41, 5.74) is 0. The minimum absolute atomic E-state index is 0.103. The van der Waals surface area contributed by atoms with E-state index < -0.39 is 97.5 Å². The molecule has 0 rings (SSSR count). The molecule has 0 radical (unpaired) electrons. The number of hydrogen-bond acceptors (Lipinski definition) is 15. The summed E-state index contributed by atoms with van der Waals surface area (Å²) in [4.78, 5) is 72.3. The van der Waals surface area contributed by atoms with E-state index in [0.717, 1.165) is 115 Å². The van der Waals surface area contributed by atoms with Gasteiger partial charge in [-0.05, 0) is 37.5 Å². The van der Waals surface area contributed by atoms with Crippen molar-refractivity contribution in [3.05, 3.63) is 0 Å². The molecule has 19 heteroatoms. The number of hydrogen-bond donors (Lipinski definition) is 3. The van der Waals surface area contributed by atoms with Gasteiger partial charge in [0.15, 0.2) is 12.2 Å². The molecule has 0 heterocycles. The van der Waals surface area contributed by atoms with Crippen molar-refractivity contribution < 1.29 is 80.2 Å². The Hall–Kier alpha value is -1.94. The predicted molar refractivity (Wildman–Crippen MR) is 354 cm³/mol. The van der Waals surface area contributed by atoms with Crippen molar-refractivity contribution in [1.82, 2.24) is 0 Å². The average Bonchev–Trinajstić information content (AvgIpc) is 3.61. The van der Waals surface area contributed by atoms with Gasteiger partial charge in [-0.2, -0.15) is 0 Å². The van der Waals surface area contributed by atoms with Gasteiger partial charge in [-0.25, -0.2) is 9.13 Å².